The number of aromatic nitrogens is 1. The largest absolute Gasteiger partial charge is 0.388 e. The number of hydrogen-bond donors (Lipinski definition) is 2. The van der Waals surface area contributed by atoms with Crippen LogP contribution in [0.25, 0.3) is 0 Å². The average Bonchev–Trinajstić information content (AvgIpc) is 2.90. The summed E-state index contributed by atoms with van der Waals surface area (Å²) < 4.78 is 0. The van der Waals surface area contributed by atoms with Crippen molar-refractivity contribution in [1.82, 2.24) is 4.98 Å². The van der Waals surface area contributed by atoms with Crippen LogP contribution in [0.3, 0.4) is 0 Å². The van der Waals surface area contributed by atoms with E-state index in [-0.39, 0.29) is 6.04 Å². The number of hydrogen-bond acceptors (Lipinski definition) is 4. The fourth-order valence-electron chi connectivity index (χ4n) is 1.77. The predicted octanol–water partition coefficient (Wildman–Crippen LogP) is 3.34. The van der Waals surface area contributed by atoms with E-state index in [0.29, 0.717) is 10.7 Å². The van der Waals surface area contributed by atoms with Gasteiger partial charge < -0.3 is 11.1 Å². The molecule has 5 heteroatoms. The third-order valence-electron chi connectivity index (χ3n) is 2.67. The minimum absolute atomic E-state index is 0.266. The van der Waals surface area contributed by atoms with Crippen molar-refractivity contribution < 1.29 is 0 Å². The number of nitrogens with two attached hydrogens (primary N) is 1. The molecule has 2 heterocycles. The summed E-state index contributed by atoms with van der Waals surface area (Å²) in [7, 11) is 0. The zero-order chi connectivity index (χ0) is 13.0. The first-order chi connectivity index (χ1) is 8.72. The van der Waals surface area contributed by atoms with E-state index in [9.17, 15) is 0 Å². The molecule has 94 valence electrons. The Morgan fingerprint density at radius 3 is 2.94 bits per heavy atom. The van der Waals surface area contributed by atoms with Crippen molar-refractivity contribution in [2.45, 2.75) is 19.4 Å². The normalized spacial score (nSPS) is 12.1. The average molecular weight is 277 g/mol. The van der Waals surface area contributed by atoms with Crippen LogP contribution in [0.5, 0.6) is 0 Å². The maximum absolute atomic E-state index is 5.68. The van der Waals surface area contributed by atoms with Crippen LogP contribution < -0.4 is 11.1 Å². The van der Waals surface area contributed by atoms with Crippen LogP contribution in [-0.2, 0) is 0 Å². The fourth-order valence-corrected chi connectivity index (χ4v) is 2.79. The molecule has 2 rings (SSSR count). The highest BCUT2D eigenvalue weighted by Crippen LogP contribution is 2.27. The van der Waals surface area contributed by atoms with Crippen LogP contribution in [-0.4, -0.2) is 9.97 Å². The first-order valence-electron chi connectivity index (χ1n) is 5.77. The minimum Gasteiger partial charge on any atom is -0.388 e. The highest BCUT2D eigenvalue weighted by Gasteiger charge is 2.13. The van der Waals surface area contributed by atoms with E-state index in [0.717, 1.165) is 12.1 Å². The molecule has 0 saturated carbocycles. The summed E-state index contributed by atoms with van der Waals surface area (Å²) in [6.45, 7) is 2.15. The van der Waals surface area contributed by atoms with Gasteiger partial charge in [-0.2, -0.15) is 0 Å². The summed E-state index contributed by atoms with van der Waals surface area (Å²) >= 11 is 6.76. The molecule has 0 amide bonds. The number of pyridine rings is 1. The second-order valence-electron chi connectivity index (χ2n) is 3.88. The SMILES string of the molecule is CCC(Nc1cccnc1C(N)=S)c1cccs1. The Kier molecular flexibility index (Phi) is 4.28. The second-order valence-corrected chi connectivity index (χ2v) is 5.30. The van der Waals surface area contributed by atoms with E-state index < -0.39 is 0 Å². The molecule has 0 fully saturated rings. The highest BCUT2D eigenvalue weighted by molar-refractivity contribution is 7.80. The maximum Gasteiger partial charge on any atom is 0.124 e. The van der Waals surface area contributed by atoms with E-state index in [1.165, 1.54) is 4.88 Å². The molecule has 0 bridgehead atoms. The van der Waals surface area contributed by atoms with Gasteiger partial charge in [-0.25, -0.2) is 0 Å². The number of thiocarbonyl (C=S) groups is 1. The van der Waals surface area contributed by atoms with Crippen LogP contribution in [0.1, 0.15) is 30.0 Å². The van der Waals surface area contributed by atoms with Crippen LogP contribution in [0.4, 0.5) is 5.69 Å². The van der Waals surface area contributed by atoms with Crippen LogP contribution in [0.15, 0.2) is 35.8 Å². The van der Waals surface area contributed by atoms with Crippen molar-refractivity contribution in [3.05, 3.63) is 46.4 Å². The molecular weight excluding hydrogens is 262 g/mol. The monoisotopic (exact) mass is 277 g/mol. The molecule has 3 N–H and O–H groups in total. The molecule has 18 heavy (non-hydrogen) atoms. The van der Waals surface area contributed by atoms with Crippen LogP contribution in [0.2, 0.25) is 0 Å². The van der Waals surface area contributed by atoms with Gasteiger partial charge in [-0.15, -0.1) is 11.3 Å². The standard InChI is InChI=1S/C13H15N3S2/c1-2-9(11-6-4-8-18-11)16-10-5-3-7-15-12(10)13(14)17/h3-9,16H,2H2,1H3,(H2,14,17). The van der Waals surface area contributed by atoms with Gasteiger partial charge in [0, 0.05) is 11.1 Å². The number of nitrogens with one attached hydrogen (secondary N) is 1. The van der Waals surface area contributed by atoms with Gasteiger partial charge >= 0.3 is 0 Å². The maximum atomic E-state index is 5.68. The van der Waals surface area contributed by atoms with E-state index in [1.807, 2.05) is 12.1 Å². The Bertz CT molecular complexity index is 523. The zero-order valence-corrected chi connectivity index (χ0v) is 11.7. The molecule has 2 aromatic rings. The van der Waals surface area contributed by atoms with Gasteiger partial charge in [-0.1, -0.05) is 25.2 Å². The summed E-state index contributed by atoms with van der Waals surface area (Å²) in [5.41, 5.74) is 7.23. The fraction of sp³-hybridized carbons (Fsp3) is 0.231. The Morgan fingerprint density at radius 1 is 1.50 bits per heavy atom. The van der Waals surface area contributed by atoms with Crippen molar-refractivity contribution in [3.8, 4) is 0 Å². The van der Waals surface area contributed by atoms with E-state index >= 15 is 0 Å². The molecule has 2 aromatic heterocycles. The Hall–Kier alpha value is -1.46. The molecule has 3 nitrogen and oxygen atoms in total. The summed E-state index contributed by atoms with van der Waals surface area (Å²) in [6.07, 6.45) is 2.69. The Balaban J connectivity index is 2.25. The summed E-state index contributed by atoms with van der Waals surface area (Å²) in [6, 6.07) is 8.29. The van der Waals surface area contributed by atoms with Gasteiger partial charge in [0.1, 0.15) is 10.7 Å². The van der Waals surface area contributed by atoms with Crippen LogP contribution in [0, 0.1) is 0 Å². The molecule has 0 spiro atoms. The number of anilines is 1. The lowest BCUT2D eigenvalue weighted by Gasteiger charge is -2.18. The van der Waals surface area contributed by atoms with Gasteiger partial charge in [-0.3, -0.25) is 4.98 Å². The van der Waals surface area contributed by atoms with E-state index in [2.05, 4.69) is 34.7 Å². The van der Waals surface area contributed by atoms with Gasteiger partial charge in [0.15, 0.2) is 0 Å². The number of nitrogens with zero attached hydrogens (tertiary/aromatic N) is 1. The summed E-state index contributed by atoms with van der Waals surface area (Å²) in [5, 5.41) is 5.54. The van der Waals surface area contributed by atoms with Crippen molar-refractivity contribution in [2.24, 2.45) is 5.73 Å². The lowest BCUT2D eigenvalue weighted by atomic mass is 10.1. The molecule has 0 aliphatic heterocycles. The first-order valence-corrected chi connectivity index (χ1v) is 7.06. The molecule has 1 unspecified atom stereocenters. The Morgan fingerprint density at radius 2 is 2.33 bits per heavy atom. The lowest BCUT2D eigenvalue weighted by Crippen LogP contribution is -2.17. The van der Waals surface area contributed by atoms with Gasteiger partial charge in [0.2, 0.25) is 0 Å². The second kappa shape index (κ2) is 5.93. The quantitative estimate of drug-likeness (QED) is 0.823. The van der Waals surface area contributed by atoms with Crippen molar-refractivity contribution in [1.29, 1.82) is 0 Å². The molecule has 0 aliphatic carbocycles. The summed E-state index contributed by atoms with van der Waals surface area (Å²) in [5.74, 6) is 0. The first kappa shape index (κ1) is 13.0. The molecule has 0 aromatic carbocycles. The molecule has 0 radical (unpaired) electrons. The minimum atomic E-state index is 0.266. The van der Waals surface area contributed by atoms with E-state index in [4.69, 9.17) is 18.0 Å². The molecular formula is C13H15N3S2. The molecule has 0 aliphatic rings. The van der Waals surface area contributed by atoms with Crippen molar-refractivity contribution in [3.63, 3.8) is 0 Å². The lowest BCUT2D eigenvalue weighted by molar-refractivity contribution is 0.763. The van der Waals surface area contributed by atoms with Crippen molar-refractivity contribution in [2.75, 3.05) is 5.32 Å². The van der Waals surface area contributed by atoms with Gasteiger partial charge in [0.05, 0.1) is 11.7 Å². The summed E-state index contributed by atoms with van der Waals surface area (Å²) in [4.78, 5) is 5.84. The van der Waals surface area contributed by atoms with Crippen LogP contribution >= 0.6 is 23.6 Å². The van der Waals surface area contributed by atoms with E-state index in [1.54, 1.807) is 17.5 Å². The number of thiophene rings is 1. The van der Waals surface area contributed by atoms with Crippen molar-refractivity contribution >= 4 is 34.2 Å². The molecule has 1 atom stereocenters. The smallest absolute Gasteiger partial charge is 0.124 e. The topological polar surface area (TPSA) is 50.9 Å². The third kappa shape index (κ3) is 2.86. The van der Waals surface area contributed by atoms with Gasteiger partial charge in [0.25, 0.3) is 0 Å². The van der Waals surface area contributed by atoms with Gasteiger partial charge in [-0.05, 0) is 30.0 Å². The third-order valence-corrected chi connectivity index (χ3v) is 3.85. The molecule has 0 saturated heterocycles. The zero-order valence-electron chi connectivity index (χ0n) is 10.1. The number of rotatable bonds is 5. The Labute approximate surface area is 116 Å². The highest BCUT2D eigenvalue weighted by atomic mass is 32.1. The predicted molar refractivity (Wildman–Crippen MR) is 81.1 cm³/mol.